The molecule has 0 spiro atoms. The fraction of sp³-hybridized carbons (Fsp3) is 0.409. The number of piperidine rings is 1. The van der Waals surface area contributed by atoms with Crippen LogP contribution in [-0.4, -0.2) is 34.8 Å². The van der Waals surface area contributed by atoms with Crippen LogP contribution in [0.25, 0.3) is 0 Å². The summed E-state index contributed by atoms with van der Waals surface area (Å²) in [6.07, 6.45) is 3.28. The number of amides is 2. The number of likely N-dealkylation sites (tertiary alicyclic amines) is 1. The second-order valence-electron chi connectivity index (χ2n) is 7.74. The minimum atomic E-state index is -0.614. The van der Waals surface area contributed by atoms with Crippen molar-refractivity contribution < 1.29 is 9.59 Å². The highest BCUT2D eigenvalue weighted by molar-refractivity contribution is 5.93. The van der Waals surface area contributed by atoms with Gasteiger partial charge in [0.15, 0.2) is 0 Å². The van der Waals surface area contributed by atoms with Crippen molar-refractivity contribution in [2.45, 2.75) is 39.0 Å². The van der Waals surface area contributed by atoms with Gasteiger partial charge in [-0.3, -0.25) is 9.59 Å². The van der Waals surface area contributed by atoms with Gasteiger partial charge >= 0.3 is 0 Å². The Bertz CT molecular complexity index is 817. The molecule has 1 N–H and O–H groups in total. The summed E-state index contributed by atoms with van der Waals surface area (Å²) in [7, 11) is 0. The number of aromatic nitrogens is 1. The van der Waals surface area contributed by atoms with Crippen LogP contribution in [0.2, 0.25) is 0 Å². The molecule has 1 unspecified atom stereocenters. The van der Waals surface area contributed by atoms with Crippen LogP contribution in [0, 0.1) is 12.8 Å². The molecule has 1 aromatic carbocycles. The number of pyridine rings is 1. The molecular formula is C22H27N3O2. The second-order valence-corrected chi connectivity index (χ2v) is 7.74. The first kappa shape index (κ1) is 19.1. The third kappa shape index (κ3) is 4.18. The van der Waals surface area contributed by atoms with Gasteiger partial charge in [-0.2, -0.15) is 0 Å². The molecule has 0 bridgehead atoms. The summed E-state index contributed by atoms with van der Waals surface area (Å²) in [6, 6.07) is 13.6. The van der Waals surface area contributed by atoms with E-state index in [0.717, 1.165) is 24.0 Å². The summed E-state index contributed by atoms with van der Waals surface area (Å²) in [5, 5.41) is 2.92. The molecule has 0 saturated carbocycles. The Morgan fingerprint density at radius 1 is 1.15 bits per heavy atom. The zero-order valence-corrected chi connectivity index (χ0v) is 16.2. The highest BCUT2D eigenvalue weighted by Gasteiger charge is 2.37. The number of nitrogens with zero attached hydrogens (tertiary/aromatic N) is 2. The third-order valence-electron chi connectivity index (χ3n) is 5.36. The van der Waals surface area contributed by atoms with E-state index in [2.05, 4.69) is 10.3 Å². The normalized spacial score (nSPS) is 17.4. The number of aryl methyl sites for hydroxylation is 1. The van der Waals surface area contributed by atoms with Gasteiger partial charge in [0.25, 0.3) is 0 Å². The number of benzene rings is 1. The summed E-state index contributed by atoms with van der Waals surface area (Å²) in [4.78, 5) is 32.0. The molecule has 2 amide bonds. The fourth-order valence-electron chi connectivity index (χ4n) is 3.58. The fourth-order valence-corrected chi connectivity index (χ4v) is 3.58. The van der Waals surface area contributed by atoms with Crippen LogP contribution < -0.4 is 5.32 Å². The van der Waals surface area contributed by atoms with Crippen LogP contribution in [0.3, 0.4) is 0 Å². The van der Waals surface area contributed by atoms with E-state index in [1.54, 1.807) is 6.20 Å². The van der Waals surface area contributed by atoms with Crippen molar-refractivity contribution in [2.75, 3.05) is 18.4 Å². The Kier molecular flexibility index (Phi) is 5.59. The lowest BCUT2D eigenvalue weighted by Gasteiger charge is -2.37. The van der Waals surface area contributed by atoms with Gasteiger partial charge in [0, 0.05) is 19.3 Å². The lowest BCUT2D eigenvalue weighted by Crippen LogP contribution is -2.49. The molecule has 2 aromatic rings. The molecule has 1 saturated heterocycles. The van der Waals surface area contributed by atoms with Crippen LogP contribution in [0.4, 0.5) is 5.82 Å². The standard InChI is InChI=1S/C22H27N3O2/c1-16-9-7-13-23-19(16)24-20(26)17-10-8-14-25(15-17)21(27)22(2,3)18-11-5-4-6-12-18/h4-7,9,11-13,17H,8,10,14-15H2,1-3H3,(H,23,24,26). The van der Waals surface area contributed by atoms with Gasteiger partial charge in [0.2, 0.25) is 11.8 Å². The lowest BCUT2D eigenvalue weighted by atomic mass is 9.82. The highest BCUT2D eigenvalue weighted by Crippen LogP contribution is 2.28. The zero-order chi connectivity index (χ0) is 19.4. The lowest BCUT2D eigenvalue weighted by molar-refractivity contribution is -0.139. The molecular weight excluding hydrogens is 338 g/mol. The van der Waals surface area contributed by atoms with Crippen LogP contribution in [-0.2, 0) is 15.0 Å². The molecule has 5 heteroatoms. The summed E-state index contributed by atoms with van der Waals surface area (Å²) in [5.41, 5.74) is 1.31. The Hall–Kier alpha value is -2.69. The van der Waals surface area contributed by atoms with Crippen molar-refractivity contribution in [3.05, 3.63) is 59.8 Å². The minimum absolute atomic E-state index is 0.0631. The Balaban J connectivity index is 1.69. The average Bonchev–Trinajstić information content (AvgIpc) is 2.70. The first-order chi connectivity index (χ1) is 12.9. The monoisotopic (exact) mass is 365 g/mol. The van der Waals surface area contributed by atoms with E-state index >= 15 is 0 Å². The molecule has 142 valence electrons. The quantitative estimate of drug-likeness (QED) is 0.901. The molecule has 3 rings (SSSR count). The first-order valence-corrected chi connectivity index (χ1v) is 9.47. The topological polar surface area (TPSA) is 62.3 Å². The van der Waals surface area contributed by atoms with E-state index < -0.39 is 5.41 Å². The maximum Gasteiger partial charge on any atom is 0.232 e. The van der Waals surface area contributed by atoms with E-state index in [0.29, 0.717) is 18.9 Å². The van der Waals surface area contributed by atoms with Crippen molar-refractivity contribution in [1.29, 1.82) is 0 Å². The molecule has 1 aliphatic rings. The van der Waals surface area contributed by atoms with Crippen molar-refractivity contribution in [3.63, 3.8) is 0 Å². The highest BCUT2D eigenvalue weighted by atomic mass is 16.2. The first-order valence-electron chi connectivity index (χ1n) is 9.47. The Morgan fingerprint density at radius 2 is 1.89 bits per heavy atom. The number of anilines is 1. The van der Waals surface area contributed by atoms with Crippen LogP contribution in [0.5, 0.6) is 0 Å². The number of hydrogen-bond donors (Lipinski definition) is 1. The van der Waals surface area contributed by atoms with Crippen LogP contribution in [0.1, 0.15) is 37.8 Å². The van der Waals surface area contributed by atoms with Crippen LogP contribution in [0.15, 0.2) is 48.7 Å². The number of nitrogens with one attached hydrogen (secondary N) is 1. The maximum atomic E-state index is 13.2. The predicted octanol–water partition coefficient (Wildman–Crippen LogP) is 3.54. The van der Waals surface area contributed by atoms with Crippen molar-refractivity contribution in [3.8, 4) is 0 Å². The smallest absolute Gasteiger partial charge is 0.232 e. The largest absolute Gasteiger partial charge is 0.341 e. The van der Waals surface area contributed by atoms with Gasteiger partial charge in [-0.15, -0.1) is 0 Å². The molecule has 5 nitrogen and oxygen atoms in total. The van der Waals surface area contributed by atoms with Gasteiger partial charge in [-0.25, -0.2) is 4.98 Å². The Labute approximate surface area is 160 Å². The molecule has 0 aliphatic carbocycles. The van der Waals surface area contributed by atoms with E-state index in [1.807, 2.05) is 68.1 Å². The second kappa shape index (κ2) is 7.91. The molecule has 1 atom stereocenters. The Morgan fingerprint density at radius 3 is 2.59 bits per heavy atom. The molecule has 27 heavy (non-hydrogen) atoms. The van der Waals surface area contributed by atoms with Crippen LogP contribution >= 0.6 is 0 Å². The SMILES string of the molecule is Cc1cccnc1NC(=O)C1CCCN(C(=O)C(C)(C)c2ccccc2)C1. The molecule has 2 heterocycles. The maximum absolute atomic E-state index is 13.2. The number of rotatable bonds is 4. The molecule has 1 aromatic heterocycles. The van der Waals surface area contributed by atoms with Gasteiger partial charge in [0.05, 0.1) is 11.3 Å². The summed E-state index contributed by atoms with van der Waals surface area (Å²) in [6.45, 7) is 6.97. The van der Waals surface area contributed by atoms with E-state index in [4.69, 9.17) is 0 Å². The van der Waals surface area contributed by atoms with Gasteiger partial charge < -0.3 is 10.2 Å². The van der Waals surface area contributed by atoms with E-state index in [9.17, 15) is 9.59 Å². The summed E-state index contributed by atoms with van der Waals surface area (Å²) in [5.74, 6) is 0.387. The summed E-state index contributed by atoms with van der Waals surface area (Å²) >= 11 is 0. The number of carbonyl (C=O) groups is 2. The van der Waals surface area contributed by atoms with Gasteiger partial charge in [-0.1, -0.05) is 36.4 Å². The molecule has 0 radical (unpaired) electrons. The van der Waals surface area contributed by atoms with Crippen molar-refractivity contribution >= 4 is 17.6 Å². The predicted molar refractivity (Wildman–Crippen MR) is 106 cm³/mol. The average molecular weight is 365 g/mol. The van der Waals surface area contributed by atoms with Gasteiger partial charge in [-0.05, 0) is 50.8 Å². The third-order valence-corrected chi connectivity index (χ3v) is 5.36. The van der Waals surface area contributed by atoms with Crippen molar-refractivity contribution in [2.24, 2.45) is 5.92 Å². The summed E-state index contributed by atoms with van der Waals surface area (Å²) < 4.78 is 0. The molecule has 1 fully saturated rings. The number of carbonyl (C=O) groups excluding carboxylic acids is 2. The van der Waals surface area contributed by atoms with E-state index in [-0.39, 0.29) is 17.7 Å². The zero-order valence-electron chi connectivity index (χ0n) is 16.2. The van der Waals surface area contributed by atoms with Crippen molar-refractivity contribution in [1.82, 2.24) is 9.88 Å². The minimum Gasteiger partial charge on any atom is -0.341 e. The molecule has 1 aliphatic heterocycles. The van der Waals surface area contributed by atoms with E-state index in [1.165, 1.54) is 0 Å². The number of hydrogen-bond acceptors (Lipinski definition) is 3. The van der Waals surface area contributed by atoms with Gasteiger partial charge in [0.1, 0.15) is 5.82 Å².